The van der Waals surface area contributed by atoms with Gasteiger partial charge in [0.25, 0.3) is 5.69 Å². The molecule has 1 aliphatic rings. The van der Waals surface area contributed by atoms with Crippen molar-refractivity contribution in [3.05, 3.63) is 64.5 Å². The molecule has 3 heterocycles. The number of aromatic nitrogens is 2. The van der Waals surface area contributed by atoms with Gasteiger partial charge in [0, 0.05) is 48.0 Å². The molecule has 168 valence electrons. The minimum atomic E-state index is -3.87. The maximum Gasteiger partial charge on any atom is 0.293 e. The van der Waals surface area contributed by atoms with Gasteiger partial charge in [-0.3, -0.25) is 10.1 Å². The van der Waals surface area contributed by atoms with Crippen molar-refractivity contribution < 1.29 is 13.3 Å². The number of nitro benzene ring substituents is 1. The van der Waals surface area contributed by atoms with Gasteiger partial charge in [0.2, 0.25) is 10.0 Å². The Hall–Kier alpha value is -3.24. The predicted octanol–water partition coefficient (Wildman–Crippen LogP) is 3.84. The Morgan fingerprint density at radius 3 is 2.69 bits per heavy atom. The first kappa shape index (κ1) is 22.0. The lowest BCUT2D eigenvalue weighted by atomic mass is 9.99. The zero-order valence-corrected chi connectivity index (χ0v) is 18.9. The highest BCUT2D eigenvalue weighted by atomic mass is 32.2. The van der Waals surface area contributed by atoms with Gasteiger partial charge in [0.15, 0.2) is 0 Å². The van der Waals surface area contributed by atoms with E-state index in [1.165, 1.54) is 12.1 Å². The number of anilines is 1. The van der Waals surface area contributed by atoms with Gasteiger partial charge in [-0.25, -0.2) is 18.1 Å². The Morgan fingerprint density at radius 2 is 2.03 bits per heavy atom. The SMILES string of the molecule is CC(C)(C)NS(=O)(=O)c1ccc(N2CC=C(c3c[nH]c4ncccc34)CC2)c([N+](=O)[O-])c1. The Bertz CT molecular complexity index is 1320. The fourth-order valence-electron chi connectivity index (χ4n) is 3.90. The van der Waals surface area contributed by atoms with Crippen LogP contribution in [0.5, 0.6) is 0 Å². The number of nitro groups is 1. The molecule has 4 rings (SSSR count). The smallest absolute Gasteiger partial charge is 0.293 e. The van der Waals surface area contributed by atoms with Gasteiger partial charge in [-0.05, 0) is 57.0 Å². The van der Waals surface area contributed by atoms with Crippen molar-refractivity contribution in [2.75, 3.05) is 18.0 Å². The molecule has 32 heavy (non-hydrogen) atoms. The highest BCUT2D eigenvalue weighted by molar-refractivity contribution is 7.89. The number of H-pyrrole nitrogens is 1. The average Bonchev–Trinajstić information content (AvgIpc) is 3.16. The van der Waals surface area contributed by atoms with Gasteiger partial charge < -0.3 is 9.88 Å². The van der Waals surface area contributed by atoms with Crippen LogP contribution in [0.4, 0.5) is 11.4 Å². The van der Waals surface area contributed by atoms with Crippen molar-refractivity contribution in [2.24, 2.45) is 0 Å². The van der Waals surface area contributed by atoms with Crippen LogP contribution >= 0.6 is 0 Å². The number of hydrogen-bond acceptors (Lipinski definition) is 6. The maximum atomic E-state index is 12.6. The fraction of sp³-hybridized carbons (Fsp3) is 0.318. The third-order valence-electron chi connectivity index (χ3n) is 5.24. The minimum Gasteiger partial charge on any atom is -0.362 e. The van der Waals surface area contributed by atoms with Gasteiger partial charge in [0.1, 0.15) is 11.3 Å². The van der Waals surface area contributed by atoms with Gasteiger partial charge in [-0.15, -0.1) is 0 Å². The number of hydrogen-bond donors (Lipinski definition) is 2. The van der Waals surface area contributed by atoms with Crippen LogP contribution in [0.15, 0.2) is 53.7 Å². The molecule has 2 aromatic heterocycles. The third kappa shape index (κ3) is 4.37. The van der Waals surface area contributed by atoms with E-state index < -0.39 is 20.5 Å². The van der Waals surface area contributed by atoms with Gasteiger partial charge in [0.05, 0.1) is 9.82 Å². The van der Waals surface area contributed by atoms with Crippen LogP contribution in [0.3, 0.4) is 0 Å². The molecule has 0 fully saturated rings. The molecule has 0 aliphatic carbocycles. The number of sulfonamides is 1. The van der Waals surface area contributed by atoms with Crippen molar-refractivity contribution in [2.45, 2.75) is 37.6 Å². The van der Waals surface area contributed by atoms with Crippen molar-refractivity contribution in [3.8, 4) is 0 Å². The number of nitrogens with zero attached hydrogens (tertiary/aromatic N) is 3. The van der Waals surface area contributed by atoms with E-state index in [0.717, 1.165) is 28.2 Å². The largest absolute Gasteiger partial charge is 0.362 e. The summed E-state index contributed by atoms with van der Waals surface area (Å²) in [4.78, 5) is 20.5. The molecule has 0 bridgehead atoms. The van der Waals surface area contributed by atoms with Crippen LogP contribution in [0.2, 0.25) is 0 Å². The average molecular weight is 456 g/mol. The van der Waals surface area contributed by atoms with Crippen LogP contribution in [0.25, 0.3) is 16.6 Å². The van der Waals surface area contributed by atoms with Crippen molar-refractivity contribution in [1.29, 1.82) is 0 Å². The fourth-order valence-corrected chi connectivity index (χ4v) is 5.34. The van der Waals surface area contributed by atoms with Crippen LogP contribution in [0, 0.1) is 10.1 Å². The molecule has 10 heteroatoms. The van der Waals surface area contributed by atoms with E-state index in [1.807, 2.05) is 23.2 Å². The lowest BCUT2D eigenvalue weighted by Crippen LogP contribution is -2.40. The number of rotatable bonds is 5. The summed E-state index contributed by atoms with van der Waals surface area (Å²) in [5.74, 6) is 0. The van der Waals surface area contributed by atoms with Crippen LogP contribution in [0.1, 0.15) is 32.8 Å². The Kier molecular flexibility index (Phi) is 5.51. The summed E-state index contributed by atoms with van der Waals surface area (Å²) < 4.78 is 27.8. The highest BCUT2D eigenvalue weighted by Crippen LogP contribution is 2.35. The molecule has 3 aromatic rings. The van der Waals surface area contributed by atoms with E-state index in [-0.39, 0.29) is 10.6 Å². The molecule has 0 radical (unpaired) electrons. The molecule has 1 aromatic carbocycles. The molecular weight excluding hydrogens is 430 g/mol. The van der Waals surface area contributed by atoms with Crippen molar-refractivity contribution >= 4 is 38.0 Å². The van der Waals surface area contributed by atoms with E-state index in [1.54, 1.807) is 27.0 Å². The Morgan fingerprint density at radius 1 is 1.25 bits per heavy atom. The predicted molar refractivity (Wildman–Crippen MR) is 124 cm³/mol. The second-order valence-electron chi connectivity index (χ2n) is 8.79. The van der Waals surface area contributed by atoms with Crippen LogP contribution in [-0.4, -0.2) is 41.9 Å². The normalized spacial score (nSPS) is 15.1. The first-order valence-electron chi connectivity index (χ1n) is 10.2. The first-order valence-corrected chi connectivity index (χ1v) is 11.7. The molecule has 0 spiro atoms. The number of nitrogens with one attached hydrogen (secondary N) is 2. The van der Waals surface area contributed by atoms with E-state index in [2.05, 4.69) is 20.8 Å². The third-order valence-corrected chi connectivity index (χ3v) is 7.00. The summed E-state index contributed by atoms with van der Waals surface area (Å²) >= 11 is 0. The molecule has 2 N–H and O–H groups in total. The monoisotopic (exact) mass is 455 g/mol. The summed E-state index contributed by atoms with van der Waals surface area (Å²) in [6.45, 7) is 6.21. The number of aromatic amines is 1. The molecule has 0 unspecified atom stereocenters. The van der Waals surface area contributed by atoms with Crippen LogP contribution < -0.4 is 9.62 Å². The van der Waals surface area contributed by atoms with E-state index in [0.29, 0.717) is 25.2 Å². The van der Waals surface area contributed by atoms with E-state index in [9.17, 15) is 18.5 Å². The molecule has 0 amide bonds. The number of fused-ring (bicyclic) bond motifs is 1. The zero-order chi connectivity index (χ0) is 23.1. The zero-order valence-electron chi connectivity index (χ0n) is 18.1. The Balaban J connectivity index is 1.62. The van der Waals surface area contributed by atoms with Gasteiger partial charge in [-0.1, -0.05) is 6.08 Å². The summed E-state index contributed by atoms with van der Waals surface area (Å²) in [6, 6.07) is 7.97. The number of pyridine rings is 1. The second kappa shape index (κ2) is 8.03. The van der Waals surface area contributed by atoms with E-state index in [4.69, 9.17) is 0 Å². The highest BCUT2D eigenvalue weighted by Gasteiger charge is 2.28. The van der Waals surface area contributed by atoms with Crippen molar-refractivity contribution in [3.63, 3.8) is 0 Å². The van der Waals surface area contributed by atoms with E-state index >= 15 is 0 Å². The molecule has 9 nitrogen and oxygen atoms in total. The quantitative estimate of drug-likeness (QED) is 0.445. The molecule has 0 atom stereocenters. The van der Waals surface area contributed by atoms with Gasteiger partial charge >= 0.3 is 0 Å². The van der Waals surface area contributed by atoms with Gasteiger partial charge in [-0.2, -0.15) is 0 Å². The molecule has 0 saturated carbocycles. The second-order valence-corrected chi connectivity index (χ2v) is 10.5. The lowest BCUT2D eigenvalue weighted by molar-refractivity contribution is -0.384. The standard InChI is InChI=1S/C22H25N5O4S/c1-22(2,3)25-32(30,31)16-6-7-19(20(13-16)27(28)29)26-11-8-15(9-12-26)18-14-24-21-17(18)5-4-10-23-21/h4-8,10,13-14,25H,9,11-12H2,1-3H3,(H,23,24). The van der Waals surface area contributed by atoms with Crippen molar-refractivity contribution in [1.82, 2.24) is 14.7 Å². The minimum absolute atomic E-state index is 0.123. The summed E-state index contributed by atoms with van der Waals surface area (Å²) in [5, 5.41) is 12.8. The molecular formula is C22H25N5O4S. The summed E-state index contributed by atoms with van der Waals surface area (Å²) in [5.41, 5.74) is 2.53. The molecule has 0 saturated heterocycles. The molecule has 1 aliphatic heterocycles. The summed E-state index contributed by atoms with van der Waals surface area (Å²) in [6.07, 6.45) is 6.42. The topological polar surface area (TPSA) is 121 Å². The lowest BCUT2D eigenvalue weighted by Gasteiger charge is -2.28. The number of benzene rings is 1. The first-order chi connectivity index (χ1) is 15.0. The maximum absolute atomic E-state index is 12.6. The summed E-state index contributed by atoms with van der Waals surface area (Å²) in [7, 11) is -3.87. The van der Waals surface area contributed by atoms with Crippen LogP contribution in [-0.2, 0) is 10.0 Å². The Labute approximate surface area is 186 Å².